The van der Waals surface area contributed by atoms with Crippen molar-refractivity contribution in [3.63, 3.8) is 0 Å². The van der Waals surface area contributed by atoms with Crippen LogP contribution < -0.4 is 0 Å². The number of aliphatic carboxylic acids is 1. The molecule has 7 nitrogen and oxygen atoms in total. The van der Waals surface area contributed by atoms with Crippen LogP contribution in [0.1, 0.15) is 25.8 Å². The van der Waals surface area contributed by atoms with Gasteiger partial charge in [-0.2, -0.15) is 0 Å². The molecule has 0 aliphatic rings. The fourth-order valence-electron chi connectivity index (χ4n) is 1.47. The summed E-state index contributed by atoms with van der Waals surface area (Å²) in [6.07, 6.45) is 2.69. The first-order valence-electron chi connectivity index (χ1n) is 5.28. The molecule has 2 aromatic rings. The van der Waals surface area contributed by atoms with E-state index in [1.165, 1.54) is 6.26 Å². The van der Waals surface area contributed by atoms with Crippen molar-refractivity contribution < 1.29 is 14.3 Å². The summed E-state index contributed by atoms with van der Waals surface area (Å²) < 4.78 is 5.11. The molecule has 7 heteroatoms. The minimum atomic E-state index is -0.963. The van der Waals surface area contributed by atoms with Crippen LogP contribution in [-0.4, -0.2) is 31.3 Å². The van der Waals surface area contributed by atoms with Gasteiger partial charge in [-0.15, -0.1) is 15.0 Å². The quantitative estimate of drug-likeness (QED) is 0.842. The van der Waals surface area contributed by atoms with Crippen LogP contribution in [0, 0.1) is 0 Å². The second-order valence-corrected chi connectivity index (χ2v) is 3.55. The largest absolute Gasteiger partial charge is 0.480 e. The SMILES string of the molecule is CCCC(C(=O)O)n1nnc(-c2ccco2)n1. The molecule has 2 rings (SSSR count). The molecule has 0 saturated carbocycles. The van der Waals surface area contributed by atoms with E-state index in [0.717, 1.165) is 11.2 Å². The fraction of sp³-hybridized carbons (Fsp3) is 0.400. The highest BCUT2D eigenvalue weighted by Gasteiger charge is 2.22. The standard InChI is InChI=1S/C10H12N4O3/c1-2-4-7(10(15)16)14-12-9(11-13-14)8-5-3-6-17-8/h3,5-7H,2,4H2,1H3,(H,15,16). The Morgan fingerprint density at radius 1 is 1.65 bits per heavy atom. The van der Waals surface area contributed by atoms with E-state index in [0.29, 0.717) is 12.2 Å². The van der Waals surface area contributed by atoms with Crippen molar-refractivity contribution in [1.82, 2.24) is 20.2 Å². The first-order valence-corrected chi connectivity index (χ1v) is 5.28. The van der Waals surface area contributed by atoms with Gasteiger partial charge in [0, 0.05) is 0 Å². The Hall–Kier alpha value is -2.18. The summed E-state index contributed by atoms with van der Waals surface area (Å²) in [6.45, 7) is 1.90. The third-order valence-electron chi connectivity index (χ3n) is 2.30. The van der Waals surface area contributed by atoms with E-state index in [4.69, 9.17) is 9.52 Å². The minimum absolute atomic E-state index is 0.289. The molecule has 1 N–H and O–H groups in total. The molecular weight excluding hydrogens is 224 g/mol. The lowest BCUT2D eigenvalue weighted by Gasteiger charge is -2.07. The van der Waals surface area contributed by atoms with Gasteiger partial charge >= 0.3 is 5.97 Å². The number of aromatic nitrogens is 4. The number of furan rings is 1. The molecule has 0 radical (unpaired) electrons. The fourth-order valence-corrected chi connectivity index (χ4v) is 1.47. The summed E-state index contributed by atoms with van der Waals surface area (Å²) >= 11 is 0. The van der Waals surface area contributed by atoms with E-state index < -0.39 is 12.0 Å². The monoisotopic (exact) mass is 236 g/mol. The van der Waals surface area contributed by atoms with Gasteiger partial charge < -0.3 is 9.52 Å². The van der Waals surface area contributed by atoms with E-state index >= 15 is 0 Å². The molecule has 0 fully saturated rings. The molecular formula is C10H12N4O3. The molecule has 0 saturated heterocycles. The maximum absolute atomic E-state index is 11.0. The highest BCUT2D eigenvalue weighted by molar-refractivity contribution is 5.71. The second kappa shape index (κ2) is 4.77. The average Bonchev–Trinajstić information content (AvgIpc) is 2.95. The van der Waals surface area contributed by atoms with Gasteiger partial charge in [-0.1, -0.05) is 13.3 Å². The Morgan fingerprint density at radius 3 is 3.06 bits per heavy atom. The Bertz CT molecular complexity index is 491. The van der Waals surface area contributed by atoms with Crippen LogP contribution >= 0.6 is 0 Å². The normalized spacial score (nSPS) is 12.5. The molecule has 0 bridgehead atoms. The van der Waals surface area contributed by atoms with Crippen molar-refractivity contribution in [3.05, 3.63) is 18.4 Å². The molecule has 17 heavy (non-hydrogen) atoms. The Balaban J connectivity index is 2.25. The highest BCUT2D eigenvalue weighted by Crippen LogP contribution is 2.16. The summed E-state index contributed by atoms with van der Waals surface area (Å²) in [5.74, 6) is -0.204. The van der Waals surface area contributed by atoms with Crippen molar-refractivity contribution in [3.8, 4) is 11.6 Å². The number of carboxylic acids is 1. The average molecular weight is 236 g/mol. The first-order chi connectivity index (χ1) is 8.22. The lowest BCUT2D eigenvalue weighted by atomic mass is 10.2. The molecule has 1 atom stereocenters. The minimum Gasteiger partial charge on any atom is -0.480 e. The van der Waals surface area contributed by atoms with Crippen molar-refractivity contribution in [1.29, 1.82) is 0 Å². The van der Waals surface area contributed by atoms with Gasteiger partial charge in [0.2, 0.25) is 5.82 Å². The number of rotatable bonds is 5. The van der Waals surface area contributed by atoms with Crippen LogP contribution in [0.5, 0.6) is 0 Å². The number of carbonyl (C=O) groups is 1. The lowest BCUT2D eigenvalue weighted by Crippen LogP contribution is -2.21. The maximum atomic E-state index is 11.0. The third-order valence-corrected chi connectivity index (χ3v) is 2.30. The predicted octanol–water partition coefficient (Wildman–Crippen LogP) is 1.36. The zero-order chi connectivity index (χ0) is 12.3. The molecule has 2 heterocycles. The number of carboxylic acid groups (broad SMARTS) is 1. The Morgan fingerprint density at radius 2 is 2.47 bits per heavy atom. The van der Waals surface area contributed by atoms with Crippen molar-refractivity contribution in [2.45, 2.75) is 25.8 Å². The molecule has 2 aromatic heterocycles. The van der Waals surface area contributed by atoms with E-state index in [9.17, 15) is 4.79 Å². The molecule has 0 aromatic carbocycles. The predicted molar refractivity (Wildman–Crippen MR) is 57.1 cm³/mol. The third kappa shape index (κ3) is 2.32. The van der Waals surface area contributed by atoms with E-state index in [2.05, 4.69) is 15.4 Å². The summed E-state index contributed by atoms with van der Waals surface area (Å²) in [4.78, 5) is 12.1. The molecule has 0 aliphatic heterocycles. The summed E-state index contributed by atoms with van der Waals surface area (Å²) in [5, 5.41) is 20.6. The smallest absolute Gasteiger partial charge is 0.330 e. The van der Waals surface area contributed by atoms with Crippen LogP contribution in [0.4, 0.5) is 0 Å². The van der Waals surface area contributed by atoms with Gasteiger partial charge in [-0.3, -0.25) is 0 Å². The van der Waals surface area contributed by atoms with Gasteiger partial charge in [-0.25, -0.2) is 4.79 Å². The van der Waals surface area contributed by atoms with Crippen LogP contribution in [0.15, 0.2) is 22.8 Å². The zero-order valence-corrected chi connectivity index (χ0v) is 9.28. The van der Waals surface area contributed by atoms with E-state index in [-0.39, 0.29) is 5.82 Å². The van der Waals surface area contributed by atoms with E-state index in [1.807, 2.05) is 6.92 Å². The number of tetrazole rings is 1. The van der Waals surface area contributed by atoms with Crippen molar-refractivity contribution >= 4 is 5.97 Å². The number of nitrogens with zero attached hydrogens (tertiary/aromatic N) is 4. The number of hydrogen-bond acceptors (Lipinski definition) is 5. The van der Waals surface area contributed by atoms with Crippen LogP contribution in [0.25, 0.3) is 11.6 Å². The summed E-state index contributed by atoms with van der Waals surface area (Å²) in [6, 6.07) is 2.62. The van der Waals surface area contributed by atoms with Gasteiger partial charge in [0.15, 0.2) is 11.8 Å². The van der Waals surface area contributed by atoms with E-state index in [1.54, 1.807) is 12.1 Å². The molecule has 0 amide bonds. The molecule has 90 valence electrons. The summed E-state index contributed by atoms with van der Waals surface area (Å²) in [5.41, 5.74) is 0. The lowest BCUT2D eigenvalue weighted by molar-refractivity contribution is -0.141. The van der Waals surface area contributed by atoms with Crippen LogP contribution in [-0.2, 0) is 4.79 Å². The molecule has 0 spiro atoms. The topological polar surface area (TPSA) is 94.0 Å². The summed E-state index contributed by atoms with van der Waals surface area (Å²) in [7, 11) is 0. The second-order valence-electron chi connectivity index (χ2n) is 3.55. The van der Waals surface area contributed by atoms with Crippen molar-refractivity contribution in [2.75, 3.05) is 0 Å². The van der Waals surface area contributed by atoms with Crippen LogP contribution in [0.3, 0.4) is 0 Å². The van der Waals surface area contributed by atoms with Gasteiger partial charge in [0.1, 0.15) is 0 Å². The van der Waals surface area contributed by atoms with Crippen molar-refractivity contribution in [2.24, 2.45) is 0 Å². The molecule has 1 unspecified atom stereocenters. The van der Waals surface area contributed by atoms with Gasteiger partial charge in [-0.05, 0) is 23.8 Å². The number of hydrogen-bond donors (Lipinski definition) is 1. The Labute approximate surface area is 97.0 Å². The molecule has 0 aliphatic carbocycles. The first kappa shape index (κ1) is 11.3. The van der Waals surface area contributed by atoms with Gasteiger partial charge in [0.25, 0.3) is 0 Å². The Kier molecular flexibility index (Phi) is 3.17. The highest BCUT2D eigenvalue weighted by atomic mass is 16.4. The van der Waals surface area contributed by atoms with Crippen LogP contribution in [0.2, 0.25) is 0 Å². The maximum Gasteiger partial charge on any atom is 0.330 e. The zero-order valence-electron chi connectivity index (χ0n) is 9.28. The van der Waals surface area contributed by atoms with Gasteiger partial charge in [0.05, 0.1) is 6.26 Å².